The number of hydrogen-bond donors (Lipinski definition) is 0. The van der Waals surface area contributed by atoms with E-state index in [1.807, 2.05) is 6.92 Å². The van der Waals surface area contributed by atoms with Crippen LogP contribution >= 0.6 is 0 Å². The molecule has 0 aromatic carbocycles. The van der Waals surface area contributed by atoms with E-state index in [-0.39, 0.29) is 11.7 Å². The quantitative estimate of drug-likeness (QED) is 0.452. The highest BCUT2D eigenvalue weighted by Crippen LogP contribution is 2.01. The largest absolute Gasteiger partial charge is 0.339 e. The molecule has 0 aromatic rings. The molecule has 0 unspecified atom stereocenters. The molecule has 0 spiro atoms. The predicted octanol–water partition coefficient (Wildman–Crippen LogP) is 1.95. The average molecular weight is 209 g/mol. The van der Waals surface area contributed by atoms with E-state index >= 15 is 0 Å². The van der Waals surface area contributed by atoms with Gasteiger partial charge in [-0.25, -0.2) is 0 Å². The number of rotatable bonds is 8. The first-order valence-corrected chi connectivity index (χ1v) is 5.22. The fourth-order valence-corrected chi connectivity index (χ4v) is 1.26. The third kappa shape index (κ3) is 5.83. The molecule has 15 heavy (non-hydrogen) atoms. The summed E-state index contributed by atoms with van der Waals surface area (Å²) in [6, 6.07) is 0. The summed E-state index contributed by atoms with van der Waals surface area (Å²) in [7, 11) is 0. The van der Waals surface area contributed by atoms with Crippen LogP contribution in [0, 0.1) is 0 Å². The van der Waals surface area contributed by atoms with Crippen molar-refractivity contribution in [1.82, 2.24) is 4.90 Å². The summed E-state index contributed by atoms with van der Waals surface area (Å²) in [6.07, 6.45) is 4.81. The average Bonchev–Trinajstić information content (AvgIpc) is 2.27. The molecule has 0 aliphatic heterocycles. The molecule has 0 aliphatic rings. The maximum Gasteiger partial charge on any atom is 0.245 e. The van der Waals surface area contributed by atoms with Crippen molar-refractivity contribution in [2.45, 2.75) is 26.2 Å². The lowest BCUT2D eigenvalue weighted by Crippen LogP contribution is -2.30. The van der Waals surface area contributed by atoms with Gasteiger partial charge in [0.15, 0.2) is 5.78 Å². The zero-order valence-corrected chi connectivity index (χ0v) is 9.37. The standard InChI is InChI=1S/C12H19NO2/c1-4-11(14)9-7-8-10-13(6-3)12(15)5-2/h4-5H,1-2,6-10H2,3H3. The van der Waals surface area contributed by atoms with E-state index in [1.54, 1.807) is 4.90 Å². The number of carbonyl (C=O) groups is 2. The molecule has 3 heteroatoms. The van der Waals surface area contributed by atoms with Crippen LogP contribution in [0.5, 0.6) is 0 Å². The number of likely N-dealkylation sites (N-methyl/N-ethyl adjacent to an activating group) is 1. The second-order valence-electron chi connectivity index (χ2n) is 3.25. The van der Waals surface area contributed by atoms with Gasteiger partial charge in [-0.05, 0) is 31.9 Å². The molecule has 0 atom stereocenters. The fraction of sp³-hybridized carbons (Fsp3) is 0.500. The molecule has 0 aliphatic carbocycles. The molecule has 0 rings (SSSR count). The fourth-order valence-electron chi connectivity index (χ4n) is 1.26. The molecule has 84 valence electrons. The topological polar surface area (TPSA) is 37.4 Å². The van der Waals surface area contributed by atoms with E-state index in [0.717, 1.165) is 12.8 Å². The van der Waals surface area contributed by atoms with Gasteiger partial charge in [0.05, 0.1) is 0 Å². The summed E-state index contributed by atoms with van der Waals surface area (Å²) in [5, 5.41) is 0. The summed E-state index contributed by atoms with van der Waals surface area (Å²) in [5.41, 5.74) is 0. The maximum absolute atomic E-state index is 11.3. The second kappa shape index (κ2) is 7.97. The number of amides is 1. The minimum absolute atomic E-state index is 0.0486. The van der Waals surface area contributed by atoms with Crippen LogP contribution in [-0.2, 0) is 9.59 Å². The number of allylic oxidation sites excluding steroid dienone is 1. The number of carbonyl (C=O) groups excluding carboxylic acids is 2. The van der Waals surface area contributed by atoms with Crippen LogP contribution in [0.3, 0.4) is 0 Å². The first-order chi connectivity index (χ1) is 7.15. The Labute approximate surface area is 91.5 Å². The number of unbranched alkanes of at least 4 members (excludes halogenated alkanes) is 1. The van der Waals surface area contributed by atoms with Crippen molar-refractivity contribution in [2.75, 3.05) is 13.1 Å². The van der Waals surface area contributed by atoms with Crippen molar-refractivity contribution in [1.29, 1.82) is 0 Å². The van der Waals surface area contributed by atoms with Crippen molar-refractivity contribution < 1.29 is 9.59 Å². The van der Waals surface area contributed by atoms with Crippen LogP contribution in [0.1, 0.15) is 26.2 Å². The van der Waals surface area contributed by atoms with Crippen LogP contribution in [0.2, 0.25) is 0 Å². The second-order valence-corrected chi connectivity index (χ2v) is 3.25. The molecular formula is C12H19NO2. The van der Waals surface area contributed by atoms with Gasteiger partial charge < -0.3 is 4.90 Å². The van der Waals surface area contributed by atoms with Gasteiger partial charge in [-0.1, -0.05) is 13.2 Å². The minimum Gasteiger partial charge on any atom is -0.339 e. The van der Waals surface area contributed by atoms with Crippen LogP contribution < -0.4 is 0 Å². The smallest absolute Gasteiger partial charge is 0.245 e. The lowest BCUT2D eigenvalue weighted by Gasteiger charge is -2.18. The summed E-state index contributed by atoms with van der Waals surface area (Å²) in [6.45, 7) is 10.1. The van der Waals surface area contributed by atoms with Gasteiger partial charge in [0, 0.05) is 19.5 Å². The normalized spacial score (nSPS) is 9.40. The van der Waals surface area contributed by atoms with Gasteiger partial charge in [-0.3, -0.25) is 9.59 Å². The van der Waals surface area contributed by atoms with Gasteiger partial charge in [0.25, 0.3) is 0 Å². The predicted molar refractivity (Wildman–Crippen MR) is 61.5 cm³/mol. The summed E-state index contributed by atoms with van der Waals surface area (Å²) >= 11 is 0. The van der Waals surface area contributed by atoms with Crippen molar-refractivity contribution >= 4 is 11.7 Å². The molecule has 1 amide bonds. The monoisotopic (exact) mass is 209 g/mol. The minimum atomic E-state index is -0.0486. The molecule has 0 saturated heterocycles. The number of ketones is 1. The van der Waals surface area contributed by atoms with Crippen LogP contribution in [0.15, 0.2) is 25.3 Å². The Morgan fingerprint density at radius 3 is 2.33 bits per heavy atom. The molecule has 0 heterocycles. The van der Waals surface area contributed by atoms with Gasteiger partial charge >= 0.3 is 0 Å². The lowest BCUT2D eigenvalue weighted by molar-refractivity contribution is -0.125. The van der Waals surface area contributed by atoms with Crippen LogP contribution in [0.4, 0.5) is 0 Å². The van der Waals surface area contributed by atoms with Crippen molar-refractivity contribution in [2.24, 2.45) is 0 Å². The van der Waals surface area contributed by atoms with Crippen molar-refractivity contribution in [3.63, 3.8) is 0 Å². The van der Waals surface area contributed by atoms with Crippen molar-refractivity contribution in [3.05, 3.63) is 25.3 Å². The number of hydrogen-bond acceptors (Lipinski definition) is 2. The summed E-state index contributed by atoms with van der Waals surface area (Å²) < 4.78 is 0. The molecular weight excluding hydrogens is 190 g/mol. The molecule has 0 radical (unpaired) electrons. The van der Waals surface area contributed by atoms with E-state index in [0.29, 0.717) is 19.5 Å². The molecule has 0 saturated carbocycles. The number of nitrogens with zero attached hydrogens (tertiary/aromatic N) is 1. The maximum atomic E-state index is 11.3. The Kier molecular flexibility index (Phi) is 7.24. The zero-order chi connectivity index (χ0) is 11.7. The highest BCUT2D eigenvalue weighted by atomic mass is 16.2. The summed E-state index contributed by atoms with van der Waals surface area (Å²) in [5.74, 6) is 0.0145. The SMILES string of the molecule is C=CC(=O)CCCCN(CC)C(=O)C=C. The molecule has 3 nitrogen and oxygen atoms in total. The molecule has 0 aromatic heterocycles. The molecule has 0 bridgehead atoms. The lowest BCUT2D eigenvalue weighted by atomic mass is 10.1. The van der Waals surface area contributed by atoms with E-state index < -0.39 is 0 Å². The Morgan fingerprint density at radius 2 is 1.87 bits per heavy atom. The third-order valence-electron chi connectivity index (χ3n) is 2.20. The first kappa shape index (κ1) is 13.6. The zero-order valence-electron chi connectivity index (χ0n) is 9.37. The van der Waals surface area contributed by atoms with Gasteiger partial charge in [0.2, 0.25) is 5.91 Å². The Hall–Kier alpha value is -1.38. The Morgan fingerprint density at radius 1 is 1.20 bits per heavy atom. The van der Waals surface area contributed by atoms with Crippen LogP contribution in [-0.4, -0.2) is 29.7 Å². The van der Waals surface area contributed by atoms with E-state index in [1.165, 1.54) is 12.2 Å². The first-order valence-electron chi connectivity index (χ1n) is 5.22. The van der Waals surface area contributed by atoms with Gasteiger partial charge in [0.1, 0.15) is 0 Å². The van der Waals surface area contributed by atoms with Gasteiger partial charge in [-0.15, -0.1) is 0 Å². The van der Waals surface area contributed by atoms with E-state index in [2.05, 4.69) is 13.2 Å². The Balaban J connectivity index is 3.72. The Bertz CT molecular complexity index is 246. The highest BCUT2D eigenvalue weighted by molar-refractivity contribution is 5.89. The van der Waals surface area contributed by atoms with E-state index in [9.17, 15) is 9.59 Å². The third-order valence-corrected chi connectivity index (χ3v) is 2.20. The summed E-state index contributed by atoms with van der Waals surface area (Å²) in [4.78, 5) is 23.9. The van der Waals surface area contributed by atoms with E-state index in [4.69, 9.17) is 0 Å². The molecule has 0 fully saturated rings. The van der Waals surface area contributed by atoms with Gasteiger partial charge in [-0.2, -0.15) is 0 Å². The highest BCUT2D eigenvalue weighted by Gasteiger charge is 2.06. The van der Waals surface area contributed by atoms with Crippen molar-refractivity contribution in [3.8, 4) is 0 Å². The molecule has 0 N–H and O–H groups in total. The van der Waals surface area contributed by atoms with Crippen LogP contribution in [0.25, 0.3) is 0 Å².